The number of amides is 2. The Bertz CT molecular complexity index is 761. The number of carbonyl (C=O) groups excluding carboxylic acids is 3. The van der Waals surface area contributed by atoms with E-state index < -0.39 is 0 Å². The number of hydrogen-bond acceptors (Lipinski definition) is 10. The Labute approximate surface area is 284 Å². The van der Waals surface area contributed by atoms with Crippen molar-refractivity contribution in [2.24, 2.45) is 0 Å². The van der Waals surface area contributed by atoms with Crippen LogP contribution in [-0.2, 0) is 47.5 Å². The van der Waals surface area contributed by atoms with Crippen LogP contribution in [0.3, 0.4) is 0 Å². The molecule has 2 amide bonds. The maximum Gasteiger partial charge on any atom is 0.305 e. The monoisotopic (exact) mass is 671 g/mol. The average molecular weight is 672 g/mol. The summed E-state index contributed by atoms with van der Waals surface area (Å²) in [6, 6.07) is 0. The third-order valence-corrected chi connectivity index (χ3v) is 7.69. The van der Waals surface area contributed by atoms with E-state index in [1.165, 1.54) is 95.6 Å². The third kappa shape index (κ3) is 28.8. The van der Waals surface area contributed by atoms with Crippen LogP contribution in [0.4, 0.5) is 0 Å². The molecule has 0 aromatic carbocycles. The van der Waals surface area contributed by atoms with Crippen LogP contribution < -0.4 is 0 Å². The van der Waals surface area contributed by atoms with Crippen LogP contribution in [-0.4, -0.2) is 115 Å². The number of nitrogens with zero attached hydrogens (tertiary/aromatic N) is 1. The van der Waals surface area contributed by atoms with Gasteiger partial charge in [-0.15, -0.1) is 0 Å². The SMILES string of the molecule is CCCCCCCCCCCCCCCCCC(=O)OCCOCCOCCOCCOCCOCCOCCN1C(=O)C=CC1=O. The highest BCUT2D eigenvalue weighted by Crippen LogP contribution is 2.14. The number of ether oxygens (including phenoxy) is 7. The molecule has 47 heavy (non-hydrogen) atoms. The molecular weight excluding hydrogens is 606 g/mol. The summed E-state index contributed by atoms with van der Waals surface area (Å²) in [6.07, 6.45) is 22.7. The van der Waals surface area contributed by atoms with Crippen LogP contribution in [0.25, 0.3) is 0 Å². The lowest BCUT2D eigenvalue weighted by molar-refractivity contribution is -0.145. The van der Waals surface area contributed by atoms with E-state index >= 15 is 0 Å². The van der Waals surface area contributed by atoms with E-state index in [0.29, 0.717) is 79.1 Å². The van der Waals surface area contributed by atoms with Gasteiger partial charge >= 0.3 is 5.97 Å². The highest BCUT2D eigenvalue weighted by atomic mass is 16.6. The molecule has 274 valence electrons. The summed E-state index contributed by atoms with van der Waals surface area (Å²) in [5, 5.41) is 0. The zero-order chi connectivity index (χ0) is 33.9. The highest BCUT2D eigenvalue weighted by molar-refractivity contribution is 6.12. The Balaban J connectivity index is 1.67. The first-order chi connectivity index (χ1) is 23.1. The van der Waals surface area contributed by atoms with Crippen molar-refractivity contribution in [3.8, 4) is 0 Å². The molecule has 0 unspecified atom stereocenters. The van der Waals surface area contributed by atoms with Crippen LogP contribution in [0.1, 0.15) is 110 Å². The maximum atomic E-state index is 11.9. The second-order valence-electron chi connectivity index (χ2n) is 11.8. The molecule has 1 rings (SSSR count). The van der Waals surface area contributed by atoms with Gasteiger partial charge in [0.05, 0.1) is 85.8 Å². The first kappa shape index (κ1) is 43.1. The predicted molar refractivity (Wildman–Crippen MR) is 181 cm³/mol. The zero-order valence-corrected chi connectivity index (χ0v) is 29.4. The van der Waals surface area contributed by atoms with Crippen molar-refractivity contribution < 1.29 is 47.5 Å². The van der Waals surface area contributed by atoms with Crippen molar-refractivity contribution in [1.29, 1.82) is 0 Å². The molecule has 11 heteroatoms. The van der Waals surface area contributed by atoms with Crippen molar-refractivity contribution in [2.75, 3.05) is 92.4 Å². The van der Waals surface area contributed by atoms with Gasteiger partial charge in [0.15, 0.2) is 0 Å². The molecule has 0 N–H and O–H groups in total. The lowest BCUT2D eigenvalue weighted by Crippen LogP contribution is -2.33. The Morgan fingerprint density at radius 3 is 1.17 bits per heavy atom. The Morgan fingerprint density at radius 2 is 0.787 bits per heavy atom. The number of esters is 1. The molecule has 0 aromatic heterocycles. The number of rotatable bonds is 37. The number of carbonyl (C=O) groups is 3. The fourth-order valence-corrected chi connectivity index (χ4v) is 4.94. The minimum atomic E-state index is -0.305. The van der Waals surface area contributed by atoms with Gasteiger partial charge in [-0.3, -0.25) is 19.3 Å². The molecule has 1 aliphatic heterocycles. The topological polar surface area (TPSA) is 119 Å². The summed E-state index contributed by atoms with van der Waals surface area (Å²) < 4.78 is 37.8. The first-order valence-corrected chi connectivity index (χ1v) is 18.3. The number of unbranched alkanes of at least 4 members (excludes halogenated alkanes) is 14. The molecule has 0 aliphatic carbocycles. The van der Waals surface area contributed by atoms with E-state index in [2.05, 4.69) is 6.92 Å². The van der Waals surface area contributed by atoms with Crippen molar-refractivity contribution in [3.05, 3.63) is 12.2 Å². The molecule has 0 saturated carbocycles. The first-order valence-electron chi connectivity index (χ1n) is 18.3. The number of hydrogen-bond donors (Lipinski definition) is 0. The smallest absolute Gasteiger partial charge is 0.305 e. The highest BCUT2D eigenvalue weighted by Gasteiger charge is 2.22. The van der Waals surface area contributed by atoms with Gasteiger partial charge in [-0.1, -0.05) is 96.8 Å². The Kier molecular flexibility index (Phi) is 31.2. The molecule has 0 fully saturated rings. The van der Waals surface area contributed by atoms with Crippen molar-refractivity contribution in [2.45, 2.75) is 110 Å². The van der Waals surface area contributed by atoms with Gasteiger partial charge in [-0.25, -0.2) is 0 Å². The van der Waals surface area contributed by atoms with Gasteiger partial charge in [0, 0.05) is 18.6 Å². The minimum absolute atomic E-state index is 0.138. The van der Waals surface area contributed by atoms with E-state index in [0.717, 1.165) is 17.7 Å². The summed E-state index contributed by atoms with van der Waals surface area (Å²) in [4.78, 5) is 35.8. The summed E-state index contributed by atoms with van der Waals surface area (Å²) in [5.74, 6) is -0.748. The quantitative estimate of drug-likeness (QED) is 0.0454. The van der Waals surface area contributed by atoms with Crippen molar-refractivity contribution in [3.63, 3.8) is 0 Å². The molecule has 11 nitrogen and oxygen atoms in total. The normalized spacial score (nSPS) is 12.9. The van der Waals surface area contributed by atoms with Gasteiger partial charge in [-0.2, -0.15) is 0 Å². The molecule has 0 atom stereocenters. The average Bonchev–Trinajstić information content (AvgIpc) is 3.39. The molecular formula is C36H65NO10. The van der Waals surface area contributed by atoms with Crippen molar-refractivity contribution >= 4 is 17.8 Å². The Hall–Kier alpha value is -1.89. The molecule has 0 aromatic rings. The fourth-order valence-electron chi connectivity index (χ4n) is 4.94. The third-order valence-electron chi connectivity index (χ3n) is 7.69. The second-order valence-corrected chi connectivity index (χ2v) is 11.8. The lowest BCUT2D eigenvalue weighted by Gasteiger charge is -2.13. The summed E-state index contributed by atoms with van der Waals surface area (Å²) >= 11 is 0. The Morgan fingerprint density at radius 1 is 0.468 bits per heavy atom. The fraction of sp³-hybridized carbons (Fsp3) is 0.861. The predicted octanol–water partition coefficient (Wildman–Crippen LogP) is 5.82. The zero-order valence-electron chi connectivity index (χ0n) is 29.4. The van der Waals surface area contributed by atoms with Crippen LogP contribution in [0.2, 0.25) is 0 Å². The van der Waals surface area contributed by atoms with E-state index in [4.69, 9.17) is 33.2 Å². The van der Waals surface area contributed by atoms with E-state index in [-0.39, 0.29) is 37.5 Å². The molecule has 1 aliphatic rings. The number of imide groups is 1. The molecule has 0 spiro atoms. The van der Waals surface area contributed by atoms with Gasteiger partial charge in [-0.05, 0) is 6.42 Å². The second kappa shape index (κ2) is 34.0. The standard InChI is InChI=1S/C36H65NO10/c1-2-3-4-5-6-7-8-9-10-11-12-13-14-15-16-17-36(40)47-33-32-46-31-30-45-29-28-44-27-26-43-25-24-42-23-22-41-21-20-37-34(38)18-19-35(37)39/h18-19H,2-17,20-33H2,1H3. The van der Waals surface area contributed by atoms with Gasteiger partial charge in [0.1, 0.15) is 6.61 Å². The van der Waals surface area contributed by atoms with Gasteiger partial charge in [0.2, 0.25) is 0 Å². The molecule has 0 saturated heterocycles. The largest absolute Gasteiger partial charge is 0.463 e. The molecule has 1 heterocycles. The lowest BCUT2D eigenvalue weighted by atomic mass is 10.0. The van der Waals surface area contributed by atoms with Crippen LogP contribution in [0, 0.1) is 0 Å². The van der Waals surface area contributed by atoms with Crippen LogP contribution in [0.15, 0.2) is 12.2 Å². The maximum absolute atomic E-state index is 11.9. The van der Waals surface area contributed by atoms with Crippen LogP contribution in [0.5, 0.6) is 0 Å². The van der Waals surface area contributed by atoms with E-state index in [9.17, 15) is 14.4 Å². The van der Waals surface area contributed by atoms with Gasteiger partial charge < -0.3 is 33.2 Å². The van der Waals surface area contributed by atoms with Crippen molar-refractivity contribution in [1.82, 2.24) is 4.90 Å². The van der Waals surface area contributed by atoms with Gasteiger partial charge in [0.25, 0.3) is 11.8 Å². The van der Waals surface area contributed by atoms with Crippen LogP contribution >= 0.6 is 0 Å². The van der Waals surface area contributed by atoms with E-state index in [1.54, 1.807) is 0 Å². The molecule has 0 bridgehead atoms. The van der Waals surface area contributed by atoms with E-state index in [1.807, 2.05) is 0 Å². The molecule has 0 radical (unpaired) electrons. The summed E-state index contributed by atoms with van der Waals surface area (Å²) in [7, 11) is 0. The summed E-state index contributed by atoms with van der Waals surface area (Å²) in [5.41, 5.74) is 0. The minimum Gasteiger partial charge on any atom is -0.463 e. The summed E-state index contributed by atoms with van der Waals surface area (Å²) in [6.45, 7) is 7.91.